The Bertz CT molecular complexity index is 478. The van der Waals surface area contributed by atoms with E-state index < -0.39 is 0 Å². The Morgan fingerprint density at radius 3 is 2.65 bits per heavy atom. The van der Waals surface area contributed by atoms with E-state index in [-0.39, 0.29) is 17.4 Å². The van der Waals surface area contributed by atoms with Gasteiger partial charge in [-0.25, -0.2) is 4.39 Å². The molecule has 1 aromatic rings. The molecule has 1 saturated heterocycles. The van der Waals surface area contributed by atoms with Crippen LogP contribution in [0.2, 0.25) is 0 Å². The van der Waals surface area contributed by atoms with Crippen molar-refractivity contribution in [2.24, 2.45) is 5.73 Å². The Kier molecular flexibility index (Phi) is 4.84. The molecule has 0 aromatic heterocycles. The summed E-state index contributed by atoms with van der Waals surface area (Å²) < 4.78 is 13.9. The smallest absolute Gasteiger partial charge is 0.137 e. The summed E-state index contributed by atoms with van der Waals surface area (Å²) in [7, 11) is 2.16. The molecule has 1 aliphatic heterocycles. The van der Waals surface area contributed by atoms with Gasteiger partial charge < -0.3 is 5.73 Å². The van der Waals surface area contributed by atoms with Crippen molar-refractivity contribution in [1.82, 2.24) is 9.80 Å². The average Bonchev–Trinajstić information content (AvgIpc) is 2.38. The van der Waals surface area contributed by atoms with Crippen molar-refractivity contribution in [3.05, 3.63) is 34.1 Å². The number of nitrogens with two attached hydrogens (primary N) is 1. The van der Waals surface area contributed by atoms with E-state index in [1.807, 2.05) is 12.1 Å². The zero-order valence-corrected chi connectivity index (χ0v) is 14.0. The van der Waals surface area contributed by atoms with Crippen molar-refractivity contribution in [3.8, 4) is 0 Å². The molecule has 2 N–H and O–H groups in total. The number of likely N-dealkylation sites (N-methyl/N-ethyl adjacent to an activating group) is 1. The Morgan fingerprint density at radius 1 is 1.40 bits per heavy atom. The lowest BCUT2D eigenvalue weighted by Gasteiger charge is -2.48. The molecule has 0 amide bonds. The molecule has 1 fully saturated rings. The lowest BCUT2D eigenvalue weighted by molar-refractivity contribution is 0.0180. The third kappa shape index (κ3) is 3.22. The minimum Gasteiger partial charge on any atom is -0.329 e. The molecule has 5 heteroatoms. The maximum atomic E-state index is 13.4. The fraction of sp³-hybridized carbons (Fsp3) is 0.600. The first-order valence-electron chi connectivity index (χ1n) is 6.95. The maximum absolute atomic E-state index is 13.4. The average molecular weight is 344 g/mol. The van der Waals surface area contributed by atoms with Gasteiger partial charge in [0, 0.05) is 37.8 Å². The van der Waals surface area contributed by atoms with Crippen molar-refractivity contribution in [1.29, 1.82) is 0 Å². The summed E-state index contributed by atoms with van der Waals surface area (Å²) in [5.74, 6) is -0.233. The molecule has 0 saturated carbocycles. The Morgan fingerprint density at radius 2 is 2.10 bits per heavy atom. The predicted molar refractivity (Wildman–Crippen MR) is 84.2 cm³/mol. The summed E-state index contributed by atoms with van der Waals surface area (Å²) in [5.41, 5.74) is 7.18. The third-order valence-electron chi connectivity index (χ3n) is 4.34. The first-order chi connectivity index (χ1) is 9.35. The SMILES string of the molecule is CN1CCN(C(CN)c2ccc(F)c(Br)c2)CC1(C)C. The Labute approximate surface area is 129 Å². The molecule has 0 radical (unpaired) electrons. The van der Waals surface area contributed by atoms with Gasteiger partial charge in [-0.15, -0.1) is 0 Å². The minimum absolute atomic E-state index is 0.128. The molecule has 1 unspecified atom stereocenters. The molecular formula is C15H23BrFN3. The van der Waals surface area contributed by atoms with Crippen LogP contribution in [0.15, 0.2) is 22.7 Å². The topological polar surface area (TPSA) is 32.5 Å². The Balaban J connectivity index is 2.22. The van der Waals surface area contributed by atoms with Gasteiger partial charge in [0.2, 0.25) is 0 Å². The van der Waals surface area contributed by atoms with E-state index in [9.17, 15) is 4.39 Å². The highest BCUT2D eigenvalue weighted by atomic mass is 79.9. The summed E-state index contributed by atoms with van der Waals surface area (Å²) in [6.45, 7) is 7.99. The van der Waals surface area contributed by atoms with E-state index in [4.69, 9.17) is 5.73 Å². The highest BCUT2D eigenvalue weighted by molar-refractivity contribution is 9.10. The molecule has 112 valence electrons. The number of hydrogen-bond acceptors (Lipinski definition) is 3. The predicted octanol–water partition coefficient (Wildman–Crippen LogP) is 2.61. The highest BCUT2D eigenvalue weighted by Crippen LogP contribution is 2.29. The molecule has 1 aliphatic rings. The second kappa shape index (κ2) is 6.10. The van der Waals surface area contributed by atoms with Gasteiger partial charge in [0.15, 0.2) is 0 Å². The standard InChI is InChI=1S/C15H23BrFN3/c1-15(2)10-20(7-6-19(15)3)14(9-18)11-4-5-13(17)12(16)8-11/h4-5,8,14H,6-7,9-10,18H2,1-3H3. The molecule has 1 atom stereocenters. The normalized spacial score (nSPS) is 21.9. The van der Waals surface area contributed by atoms with Crippen LogP contribution in [0.5, 0.6) is 0 Å². The molecule has 1 heterocycles. The summed E-state index contributed by atoms with van der Waals surface area (Å²) in [5, 5.41) is 0. The third-order valence-corrected chi connectivity index (χ3v) is 4.95. The van der Waals surface area contributed by atoms with Crippen LogP contribution in [0.3, 0.4) is 0 Å². The van der Waals surface area contributed by atoms with Gasteiger partial charge in [0.05, 0.1) is 4.47 Å². The summed E-state index contributed by atoms with van der Waals surface area (Å²) in [4.78, 5) is 4.78. The van der Waals surface area contributed by atoms with Crippen LogP contribution in [-0.2, 0) is 0 Å². The molecular weight excluding hydrogens is 321 g/mol. The van der Waals surface area contributed by atoms with Crippen LogP contribution in [0, 0.1) is 5.82 Å². The maximum Gasteiger partial charge on any atom is 0.137 e. The number of rotatable bonds is 3. The second-order valence-corrected chi connectivity index (χ2v) is 6.98. The second-order valence-electron chi connectivity index (χ2n) is 6.13. The van der Waals surface area contributed by atoms with Gasteiger partial charge in [-0.1, -0.05) is 6.07 Å². The van der Waals surface area contributed by atoms with Crippen LogP contribution in [0.1, 0.15) is 25.5 Å². The number of piperazine rings is 1. The molecule has 2 rings (SSSR count). The van der Waals surface area contributed by atoms with Crippen molar-refractivity contribution in [2.45, 2.75) is 25.4 Å². The first-order valence-corrected chi connectivity index (χ1v) is 7.75. The molecule has 20 heavy (non-hydrogen) atoms. The minimum atomic E-state index is -0.233. The van der Waals surface area contributed by atoms with Gasteiger partial charge in [0.1, 0.15) is 5.82 Å². The van der Waals surface area contributed by atoms with Crippen molar-refractivity contribution in [3.63, 3.8) is 0 Å². The number of nitrogens with zero attached hydrogens (tertiary/aromatic N) is 2. The van der Waals surface area contributed by atoms with E-state index in [0.717, 1.165) is 25.2 Å². The molecule has 3 nitrogen and oxygen atoms in total. The molecule has 0 spiro atoms. The van der Waals surface area contributed by atoms with Crippen molar-refractivity contribution in [2.75, 3.05) is 33.2 Å². The van der Waals surface area contributed by atoms with Crippen molar-refractivity contribution < 1.29 is 4.39 Å². The van der Waals surface area contributed by atoms with Gasteiger partial charge in [0.25, 0.3) is 0 Å². The Hall–Kier alpha value is -0.490. The quantitative estimate of drug-likeness (QED) is 0.915. The van der Waals surface area contributed by atoms with Crippen LogP contribution < -0.4 is 5.73 Å². The monoisotopic (exact) mass is 343 g/mol. The summed E-state index contributed by atoms with van der Waals surface area (Å²) >= 11 is 3.26. The van der Waals surface area contributed by atoms with Gasteiger partial charge >= 0.3 is 0 Å². The lowest BCUT2D eigenvalue weighted by atomic mass is 9.96. The zero-order valence-electron chi connectivity index (χ0n) is 12.4. The molecule has 0 bridgehead atoms. The van der Waals surface area contributed by atoms with Gasteiger partial charge in [-0.2, -0.15) is 0 Å². The van der Waals surface area contributed by atoms with E-state index in [0.29, 0.717) is 11.0 Å². The molecule has 1 aromatic carbocycles. The highest BCUT2D eigenvalue weighted by Gasteiger charge is 2.34. The van der Waals surface area contributed by atoms with Gasteiger partial charge in [-0.05, 0) is 54.5 Å². The number of hydrogen-bond donors (Lipinski definition) is 1. The van der Waals surface area contributed by atoms with Crippen LogP contribution in [0.4, 0.5) is 4.39 Å². The fourth-order valence-corrected chi connectivity index (χ4v) is 3.16. The number of halogens is 2. The number of benzene rings is 1. The zero-order chi connectivity index (χ0) is 14.9. The van der Waals surface area contributed by atoms with E-state index in [1.165, 1.54) is 6.07 Å². The van der Waals surface area contributed by atoms with E-state index >= 15 is 0 Å². The summed E-state index contributed by atoms with van der Waals surface area (Å²) in [6, 6.07) is 5.32. The van der Waals surface area contributed by atoms with Crippen LogP contribution in [-0.4, -0.2) is 48.6 Å². The van der Waals surface area contributed by atoms with Gasteiger partial charge in [-0.3, -0.25) is 9.80 Å². The van der Waals surface area contributed by atoms with Crippen LogP contribution in [0.25, 0.3) is 0 Å². The van der Waals surface area contributed by atoms with Crippen LogP contribution >= 0.6 is 15.9 Å². The molecule has 0 aliphatic carbocycles. The largest absolute Gasteiger partial charge is 0.329 e. The van der Waals surface area contributed by atoms with E-state index in [1.54, 1.807) is 0 Å². The fourth-order valence-electron chi connectivity index (χ4n) is 2.76. The van der Waals surface area contributed by atoms with E-state index in [2.05, 4.69) is 46.6 Å². The lowest BCUT2D eigenvalue weighted by Crippen LogP contribution is -2.58. The summed E-state index contributed by atoms with van der Waals surface area (Å²) in [6.07, 6.45) is 0. The first kappa shape index (κ1) is 15.9. The van der Waals surface area contributed by atoms with Crippen molar-refractivity contribution >= 4 is 15.9 Å².